The molecule has 0 aromatic heterocycles. The van der Waals surface area contributed by atoms with E-state index in [9.17, 15) is 4.79 Å². The predicted molar refractivity (Wildman–Crippen MR) is 83.2 cm³/mol. The molecule has 2 heterocycles. The molecule has 1 unspecified atom stereocenters. The van der Waals surface area contributed by atoms with Crippen molar-refractivity contribution in [1.29, 1.82) is 0 Å². The van der Waals surface area contributed by atoms with Crippen LogP contribution in [0.15, 0.2) is 0 Å². The Morgan fingerprint density at radius 1 is 1.10 bits per heavy atom. The SMILES string of the molecule is O=C(NCC12CCC(CC1)C2)N1CCC(N2CCCC2)C1. The first-order chi connectivity index (χ1) is 10.2. The number of carbonyl (C=O) groups excluding carboxylic acids is 1. The van der Waals surface area contributed by atoms with E-state index >= 15 is 0 Å². The zero-order valence-corrected chi connectivity index (χ0v) is 13.1. The van der Waals surface area contributed by atoms with Crippen LogP contribution in [0.4, 0.5) is 4.79 Å². The van der Waals surface area contributed by atoms with Gasteiger partial charge in [-0.05, 0) is 75.8 Å². The molecule has 2 saturated heterocycles. The van der Waals surface area contributed by atoms with Crippen LogP contribution in [-0.2, 0) is 0 Å². The molecule has 2 amide bonds. The molecule has 2 aliphatic heterocycles. The Morgan fingerprint density at radius 3 is 2.52 bits per heavy atom. The lowest BCUT2D eigenvalue weighted by molar-refractivity contribution is 0.190. The highest BCUT2D eigenvalue weighted by Crippen LogP contribution is 2.53. The van der Waals surface area contributed by atoms with Gasteiger partial charge >= 0.3 is 6.03 Å². The summed E-state index contributed by atoms with van der Waals surface area (Å²) >= 11 is 0. The molecule has 4 rings (SSSR count). The lowest BCUT2D eigenvalue weighted by atomic mass is 9.84. The number of urea groups is 1. The highest BCUT2D eigenvalue weighted by atomic mass is 16.2. The van der Waals surface area contributed by atoms with Crippen LogP contribution in [0.1, 0.15) is 51.4 Å². The quantitative estimate of drug-likeness (QED) is 0.867. The topological polar surface area (TPSA) is 35.6 Å². The van der Waals surface area contributed by atoms with Crippen molar-refractivity contribution in [2.24, 2.45) is 11.3 Å². The highest BCUT2D eigenvalue weighted by molar-refractivity contribution is 5.74. The molecule has 1 atom stereocenters. The van der Waals surface area contributed by atoms with Crippen molar-refractivity contribution in [1.82, 2.24) is 15.1 Å². The van der Waals surface area contributed by atoms with Crippen molar-refractivity contribution in [3.8, 4) is 0 Å². The molecule has 2 bridgehead atoms. The summed E-state index contributed by atoms with van der Waals surface area (Å²) < 4.78 is 0. The molecule has 118 valence electrons. The summed E-state index contributed by atoms with van der Waals surface area (Å²) in [5.41, 5.74) is 0.467. The first-order valence-electron chi connectivity index (χ1n) is 9.01. The van der Waals surface area contributed by atoms with E-state index in [1.165, 1.54) is 64.5 Å². The first-order valence-corrected chi connectivity index (χ1v) is 9.01. The van der Waals surface area contributed by atoms with Crippen LogP contribution in [0, 0.1) is 11.3 Å². The van der Waals surface area contributed by atoms with E-state index in [1.54, 1.807) is 0 Å². The number of carbonyl (C=O) groups is 1. The van der Waals surface area contributed by atoms with Crippen molar-refractivity contribution < 1.29 is 4.79 Å². The Balaban J connectivity index is 1.26. The van der Waals surface area contributed by atoms with Gasteiger partial charge in [0, 0.05) is 25.7 Å². The van der Waals surface area contributed by atoms with E-state index < -0.39 is 0 Å². The molecule has 1 N–H and O–H groups in total. The van der Waals surface area contributed by atoms with Crippen LogP contribution >= 0.6 is 0 Å². The maximum absolute atomic E-state index is 12.4. The summed E-state index contributed by atoms with van der Waals surface area (Å²) in [6, 6.07) is 0.820. The Bertz CT molecular complexity index is 397. The van der Waals surface area contributed by atoms with E-state index in [2.05, 4.69) is 15.1 Å². The summed E-state index contributed by atoms with van der Waals surface area (Å²) in [4.78, 5) is 17.1. The fourth-order valence-electron chi connectivity index (χ4n) is 5.27. The normalized spacial score (nSPS) is 39.3. The van der Waals surface area contributed by atoms with Gasteiger partial charge in [-0.2, -0.15) is 0 Å². The fourth-order valence-corrected chi connectivity index (χ4v) is 5.27. The van der Waals surface area contributed by atoms with Crippen molar-refractivity contribution >= 4 is 6.03 Å². The average molecular weight is 291 g/mol. The van der Waals surface area contributed by atoms with Crippen molar-refractivity contribution in [2.45, 2.75) is 57.4 Å². The third kappa shape index (κ3) is 2.67. The molecule has 0 aromatic carbocycles. The summed E-state index contributed by atoms with van der Waals surface area (Å²) in [6.07, 6.45) is 10.7. The zero-order valence-electron chi connectivity index (χ0n) is 13.1. The molecule has 0 spiro atoms. The van der Waals surface area contributed by atoms with Crippen molar-refractivity contribution in [3.05, 3.63) is 0 Å². The molecule has 21 heavy (non-hydrogen) atoms. The molecule has 0 aromatic rings. The van der Waals surface area contributed by atoms with Crippen LogP contribution in [0.5, 0.6) is 0 Å². The van der Waals surface area contributed by atoms with Gasteiger partial charge in [-0.25, -0.2) is 4.79 Å². The maximum Gasteiger partial charge on any atom is 0.317 e. The van der Waals surface area contributed by atoms with Gasteiger partial charge in [0.2, 0.25) is 0 Å². The molecule has 0 radical (unpaired) electrons. The zero-order chi connectivity index (χ0) is 14.3. The number of likely N-dealkylation sites (tertiary alicyclic amines) is 2. The molecule has 4 heteroatoms. The Labute approximate surface area is 128 Å². The monoisotopic (exact) mass is 291 g/mol. The molecule has 2 aliphatic carbocycles. The summed E-state index contributed by atoms with van der Waals surface area (Å²) in [6.45, 7) is 5.30. The molecule has 4 fully saturated rings. The molecular formula is C17H29N3O. The Hall–Kier alpha value is -0.770. The number of hydrogen-bond donors (Lipinski definition) is 1. The standard InChI is InChI=1S/C17H29N3O/c21-16(18-13-17-6-3-14(11-17)4-7-17)20-10-5-15(12-20)19-8-1-2-9-19/h14-15H,1-13H2,(H,18,21). The summed E-state index contributed by atoms with van der Waals surface area (Å²) in [5.74, 6) is 0.966. The fraction of sp³-hybridized carbons (Fsp3) is 0.941. The number of hydrogen-bond acceptors (Lipinski definition) is 2. The van der Waals surface area contributed by atoms with Gasteiger partial charge in [-0.15, -0.1) is 0 Å². The second kappa shape index (κ2) is 5.45. The largest absolute Gasteiger partial charge is 0.337 e. The van der Waals surface area contributed by atoms with Crippen LogP contribution < -0.4 is 5.32 Å². The first kappa shape index (κ1) is 13.9. The van der Waals surface area contributed by atoms with Crippen molar-refractivity contribution in [3.63, 3.8) is 0 Å². The Morgan fingerprint density at radius 2 is 1.86 bits per heavy atom. The maximum atomic E-state index is 12.4. The lowest BCUT2D eigenvalue weighted by Crippen LogP contribution is -2.44. The van der Waals surface area contributed by atoms with Crippen LogP contribution in [0.25, 0.3) is 0 Å². The number of nitrogens with zero attached hydrogens (tertiary/aromatic N) is 2. The predicted octanol–water partition coefficient (Wildman–Crippen LogP) is 2.45. The highest BCUT2D eigenvalue weighted by Gasteiger charge is 2.45. The van der Waals surface area contributed by atoms with Gasteiger partial charge in [0.25, 0.3) is 0 Å². The van der Waals surface area contributed by atoms with E-state index in [0.717, 1.165) is 25.6 Å². The van der Waals surface area contributed by atoms with Gasteiger partial charge in [-0.3, -0.25) is 4.90 Å². The van der Waals surface area contributed by atoms with Crippen LogP contribution in [0.2, 0.25) is 0 Å². The third-order valence-corrected chi connectivity index (χ3v) is 6.61. The smallest absolute Gasteiger partial charge is 0.317 e. The van der Waals surface area contributed by atoms with Gasteiger partial charge in [0.05, 0.1) is 0 Å². The minimum atomic E-state index is 0.196. The summed E-state index contributed by atoms with van der Waals surface area (Å²) in [7, 11) is 0. The second-order valence-corrected chi connectivity index (χ2v) is 7.94. The molecular weight excluding hydrogens is 262 g/mol. The Kier molecular flexibility index (Phi) is 3.60. The molecule has 2 saturated carbocycles. The van der Waals surface area contributed by atoms with Gasteiger partial charge in [-0.1, -0.05) is 0 Å². The number of nitrogens with one attached hydrogen (secondary N) is 1. The van der Waals surface area contributed by atoms with Crippen molar-refractivity contribution in [2.75, 3.05) is 32.7 Å². The molecule has 4 nitrogen and oxygen atoms in total. The number of fused-ring (bicyclic) bond motifs is 2. The number of amides is 2. The number of rotatable bonds is 3. The summed E-state index contributed by atoms with van der Waals surface area (Å²) in [5, 5.41) is 3.26. The van der Waals surface area contributed by atoms with Gasteiger partial charge < -0.3 is 10.2 Å². The third-order valence-electron chi connectivity index (χ3n) is 6.61. The van der Waals surface area contributed by atoms with E-state index in [-0.39, 0.29) is 6.03 Å². The second-order valence-electron chi connectivity index (χ2n) is 7.94. The van der Waals surface area contributed by atoms with Crippen LogP contribution in [-0.4, -0.2) is 54.6 Å². The van der Waals surface area contributed by atoms with E-state index in [0.29, 0.717) is 11.5 Å². The minimum Gasteiger partial charge on any atom is -0.337 e. The average Bonchev–Trinajstić information content (AvgIpc) is 3.28. The van der Waals surface area contributed by atoms with Gasteiger partial charge in [0.15, 0.2) is 0 Å². The molecule has 4 aliphatic rings. The van der Waals surface area contributed by atoms with Gasteiger partial charge in [0.1, 0.15) is 0 Å². The minimum absolute atomic E-state index is 0.196. The van der Waals surface area contributed by atoms with Crippen LogP contribution in [0.3, 0.4) is 0 Å². The lowest BCUT2D eigenvalue weighted by Gasteiger charge is -2.28. The van der Waals surface area contributed by atoms with E-state index in [1.807, 2.05) is 0 Å². The van der Waals surface area contributed by atoms with E-state index in [4.69, 9.17) is 0 Å².